The maximum atomic E-state index is 11.2. The molecular formula is C14H19NO4. The fraction of sp³-hybridized carbons (Fsp3) is 0.500. The number of phenolic OH excluding ortho intramolecular Hbond substituents is 1. The van der Waals surface area contributed by atoms with Gasteiger partial charge in [0.2, 0.25) is 0 Å². The van der Waals surface area contributed by atoms with Crippen LogP contribution in [0.5, 0.6) is 11.5 Å². The molecule has 19 heavy (non-hydrogen) atoms. The van der Waals surface area contributed by atoms with Gasteiger partial charge in [0.1, 0.15) is 17.1 Å². The van der Waals surface area contributed by atoms with Gasteiger partial charge >= 0.3 is 6.09 Å². The number of amides is 1. The Bertz CT molecular complexity index is 479. The number of hydrogen-bond donors (Lipinski definition) is 2. The number of carbonyl (C=O) groups excluding carboxylic acids is 1. The zero-order chi connectivity index (χ0) is 14.0. The molecule has 1 saturated heterocycles. The highest BCUT2D eigenvalue weighted by Gasteiger charge is 2.24. The molecule has 2 N–H and O–H groups in total. The lowest BCUT2D eigenvalue weighted by Gasteiger charge is -2.26. The minimum Gasteiger partial charge on any atom is -0.508 e. The smallest absolute Gasteiger partial charge is 0.407 e. The van der Waals surface area contributed by atoms with Crippen LogP contribution in [0.2, 0.25) is 0 Å². The third kappa shape index (κ3) is 3.53. The number of hydrogen-bond acceptors (Lipinski definition) is 4. The summed E-state index contributed by atoms with van der Waals surface area (Å²) in [6, 6.07) is 4.81. The highest BCUT2D eigenvalue weighted by Crippen LogP contribution is 2.32. The Morgan fingerprint density at radius 3 is 2.79 bits per heavy atom. The van der Waals surface area contributed by atoms with E-state index in [9.17, 15) is 9.90 Å². The van der Waals surface area contributed by atoms with Crippen molar-refractivity contribution in [1.29, 1.82) is 0 Å². The van der Waals surface area contributed by atoms with Crippen molar-refractivity contribution < 1.29 is 19.4 Å². The van der Waals surface area contributed by atoms with E-state index in [2.05, 4.69) is 5.32 Å². The summed E-state index contributed by atoms with van der Waals surface area (Å²) in [7, 11) is 0. The number of aromatic hydroxyl groups is 1. The molecule has 0 unspecified atom stereocenters. The minimum absolute atomic E-state index is 0.147. The van der Waals surface area contributed by atoms with E-state index >= 15 is 0 Å². The number of carbonyl (C=O) groups is 1. The fourth-order valence-corrected chi connectivity index (χ4v) is 1.99. The summed E-state index contributed by atoms with van der Waals surface area (Å²) in [4.78, 5) is 11.2. The van der Waals surface area contributed by atoms with Gasteiger partial charge in [-0.1, -0.05) is 0 Å². The van der Waals surface area contributed by atoms with E-state index < -0.39 is 6.09 Å². The Morgan fingerprint density at radius 2 is 2.16 bits per heavy atom. The van der Waals surface area contributed by atoms with Crippen LogP contribution in [0, 0.1) is 0 Å². The second-order valence-electron chi connectivity index (χ2n) is 5.56. The van der Waals surface area contributed by atoms with Gasteiger partial charge in [-0.05, 0) is 39.0 Å². The van der Waals surface area contributed by atoms with Crippen molar-refractivity contribution in [3.05, 3.63) is 23.8 Å². The molecule has 0 aromatic heterocycles. The van der Waals surface area contributed by atoms with Gasteiger partial charge < -0.3 is 19.9 Å². The average Bonchev–Trinajstić information content (AvgIpc) is 2.30. The molecule has 2 rings (SSSR count). The summed E-state index contributed by atoms with van der Waals surface area (Å²) in [6.07, 6.45) is 0.163. The van der Waals surface area contributed by atoms with E-state index in [4.69, 9.17) is 9.47 Å². The molecule has 1 heterocycles. The van der Waals surface area contributed by atoms with Gasteiger partial charge in [-0.3, -0.25) is 0 Å². The largest absolute Gasteiger partial charge is 0.508 e. The molecule has 0 aliphatic carbocycles. The molecular weight excluding hydrogens is 246 g/mol. The average molecular weight is 265 g/mol. The van der Waals surface area contributed by atoms with Crippen molar-refractivity contribution in [2.45, 2.75) is 38.8 Å². The lowest BCUT2D eigenvalue weighted by molar-refractivity contribution is 0.114. The van der Waals surface area contributed by atoms with Crippen LogP contribution in [-0.2, 0) is 4.74 Å². The van der Waals surface area contributed by atoms with E-state index in [1.165, 1.54) is 0 Å². The molecule has 0 spiro atoms. The van der Waals surface area contributed by atoms with Gasteiger partial charge in [0, 0.05) is 12.0 Å². The minimum atomic E-state index is -0.460. The summed E-state index contributed by atoms with van der Waals surface area (Å²) in [5.41, 5.74) is 0.339. The molecule has 1 aliphatic heterocycles. The lowest BCUT2D eigenvalue weighted by atomic mass is 10.0. The highest BCUT2D eigenvalue weighted by atomic mass is 16.6. The molecule has 1 aromatic carbocycles. The Labute approximate surface area is 112 Å². The quantitative estimate of drug-likeness (QED) is 0.862. The van der Waals surface area contributed by atoms with E-state index in [1.807, 2.05) is 20.8 Å². The van der Waals surface area contributed by atoms with Crippen LogP contribution in [0.25, 0.3) is 0 Å². The fourth-order valence-electron chi connectivity index (χ4n) is 1.99. The Hall–Kier alpha value is -1.91. The van der Waals surface area contributed by atoms with Crippen molar-refractivity contribution in [3.8, 4) is 11.5 Å². The summed E-state index contributed by atoms with van der Waals surface area (Å²) >= 11 is 0. The standard InChI is InChI=1S/C14H19NO4/c1-14(2,3)19-9-4-5-12(16)10(8-9)11-6-7-18-13(17)15-11/h4-5,8,11,16H,6-7H2,1-3H3,(H,15,17)/t11-/m1/s1. The molecule has 0 saturated carbocycles. The molecule has 5 heteroatoms. The molecule has 1 atom stereocenters. The molecule has 1 aliphatic rings. The molecule has 0 bridgehead atoms. The Morgan fingerprint density at radius 1 is 1.42 bits per heavy atom. The highest BCUT2D eigenvalue weighted by molar-refractivity contribution is 5.69. The first-order valence-electron chi connectivity index (χ1n) is 6.30. The third-order valence-electron chi connectivity index (χ3n) is 2.73. The van der Waals surface area contributed by atoms with Crippen LogP contribution in [-0.4, -0.2) is 23.4 Å². The zero-order valence-electron chi connectivity index (χ0n) is 11.4. The van der Waals surface area contributed by atoms with Crippen LogP contribution in [0.3, 0.4) is 0 Å². The second-order valence-corrected chi connectivity index (χ2v) is 5.56. The molecule has 1 aromatic rings. The van der Waals surface area contributed by atoms with Gasteiger partial charge in [0.15, 0.2) is 0 Å². The molecule has 5 nitrogen and oxygen atoms in total. The molecule has 1 amide bonds. The number of benzene rings is 1. The van der Waals surface area contributed by atoms with Gasteiger partial charge in [-0.15, -0.1) is 0 Å². The summed E-state index contributed by atoms with van der Waals surface area (Å²) < 4.78 is 10.6. The van der Waals surface area contributed by atoms with Gasteiger partial charge in [0.25, 0.3) is 0 Å². The summed E-state index contributed by atoms with van der Waals surface area (Å²) in [5, 5.41) is 12.6. The number of ether oxygens (including phenoxy) is 2. The Kier molecular flexibility index (Phi) is 3.55. The van der Waals surface area contributed by atoms with Crippen LogP contribution >= 0.6 is 0 Å². The predicted molar refractivity (Wildman–Crippen MR) is 70.3 cm³/mol. The van der Waals surface area contributed by atoms with E-state index in [1.54, 1.807) is 18.2 Å². The van der Waals surface area contributed by atoms with Crippen LogP contribution in [0.15, 0.2) is 18.2 Å². The van der Waals surface area contributed by atoms with Gasteiger partial charge in [-0.25, -0.2) is 4.79 Å². The topological polar surface area (TPSA) is 67.8 Å². The monoisotopic (exact) mass is 265 g/mol. The van der Waals surface area contributed by atoms with Crippen molar-refractivity contribution in [2.75, 3.05) is 6.61 Å². The molecule has 1 fully saturated rings. The van der Waals surface area contributed by atoms with Crippen molar-refractivity contribution in [1.82, 2.24) is 5.32 Å². The number of phenols is 1. The van der Waals surface area contributed by atoms with Crippen molar-refractivity contribution >= 4 is 6.09 Å². The number of cyclic esters (lactones) is 1. The van der Waals surface area contributed by atoms with Crippen molar-refractivity contribution in [3.63, 3.8) is 0 Å². The first kappa shape index (κ1) is 13.5. The zero-order valence-corrected chi connectivity index (χ0v) is 11.4. The van der Waals surface area contributed by atoms with Gasteiger partial charge in [-0.2, -0.15) is 0 Å². The summed E-state index contributed by atoms with van der Waals surface area (Å²) in [6.45, 7) is 6.21. The number of alkyl carbamates (subject to hydrolysis) is 1. The van der Waals surface area contributed by atoms with Crippen LogP contribution in [0.1, 0.15) is 38.8 Å². The van der Waals surface area contributed by atoms with Gasteiger partial charge in [0.05, 0.1) is 12.6 Å². The van der Waals surface area contributed by atoms with E-state index in [-0.39, 0.29) is 17.4 Å². The first-order valence-corrected chi connectivity index (χ1v) is 6.30. The van der Waals surface area contributed by atoms with Crippen molar-refractivity contribution in [2.24, 2.45) is 0 Å². The predicted octanol–water partition coefficient (Wildman–Crippen LogP) is 2.74. The number of nitrogens with one attached hydrogen (secondary N) is 1. The molecule has 104 valence electrons. The maximum absolute atomic E-state index is 11.2. The SMILES string of the molecule is CC(C)(C)Oc1ccc(O)c([C@H]2CCOC(=O)N2)c1. The van der Waals surface area contributed by atoms with E-state index in [0.717, 1.165) is 0 Å². The maximum Gasteiger partial charge on any atom is 0.407 e. The summed E-state index contributed by atoms with van der Waals surface area (Å²) in [5.74, 6) is 0.814. The normalized spacial score (nSPS) is 19.5. The third-order valence-corrected chi connectivity index (χ3v) is 2.73. The first-order chi connectivity index (χ1) is 8.85. The van der Waals surface area contributed by atoms with Crippen LogP contribution in [0.4, 0.5) is 4.79 Å². The Balaban J connectivity index is 2.24. The van der Waals surface area contributed by atoms with E-state index in [0.29, 0.717) is 24.3 Å². The number of rotatable bonds is 2. The molecule has 0 radical (unpaired) electrons. The second kappa shape index (κ2) is 4.99. The lowest BCUT2D eigenvalue weighted by Crippen LogP contribution is -2.35. The van der Waals surface area contributed by atoms with Crippen LogP contribution < -0.4 is 10.1 Å².